The van der Waals surface area contributed by atoms with Gasteiger partial charge in [0.1, 0.15) is 11.8 Å². The number of aromatic hydroxyl groups is 1. The summed E-state index contributed by atoms with van der Waals surface area (Å²) in [6.45, 7) is 9.00. The summed E-state index contributed by atoms with van der Waals surface area (Å²) in [5.41, 5.74) is 1.58. The third-order valence-electron chi connectivity index (χ3n) is 6.46. The molecular weight excluding hydrogens is 494 g/mol. The maximum Gasteiger partial charge on any atom is 0.254 e. The van der Waals surface area contributed by atoms with Crippen LogP contribution in [0, 0.1) is 13.8 Å². The zero-order chi connectivity index (χ0) is 27.5. The smallest absolute Gasteiger partial charge is 0.254 e. The van der Waals surface area contributed by atoms with Gasteiger partial charge in [-0.05, 0) is 64.7 Å². The van der Waals surface area contributed by atoms with Crippen LogP contribution in [0.25, 0.3) is 0 Å². The average molecular weight is 530 g/mol. The number of hydrogen-bond acceptors (Lipinski definition) is 5. The third-order valence-corrected chi connectivity index (χ3v) is 6.78. The molecule has 1 saturated heterocycles. The highest BCUT2D eigenvalue weighted by Crippen LogP contribution is 2.26. The number of phenols is 1. The van der Waals surface area contributed by atoms with E-state index < -0.39 is 40.9 Å². The Morgan fingerprint density at radius 1 is 1.11 bits per heavy atom. The summed E-state index contributed by atoms with van der Waals surface area (Å²) >= 11 is 6.34. The predicted molar refractivity (Wildman–Crippen MR) is 143 cm³/mol. The number of hydrogen-bond donors (Lipinski definition) is 4. The molecule has 1 aliphatic heterocycles. The number of aryl methyl sites for hydroxylation is 1. The first-order valence-corrected chi connectivity index (χ1v) is 12.8. The second kappa shape index (κ2) is 11.5. The Balaban J connectivity index is 1.87. The quantitative estimate of drug-likeness (QED) is 0.411. The van der Waals surface area contributed by atoms with Gasteiger partial charge in [0.15, 0.2) is 6.10 Å². The Hall–Kier alpha value is -3.10. The van der Waals surface area contributed by atoms with Crippen molar-refractivity contribution in [3.8, 4) is 5.75 Å². The Morgan fingerprint density at radius 3 is 2.38 bits per heavy atom. The Labute approximate surface area is 223 Å². The molecule has 4 N–H and O–H groups in total. The number of benzene rings is 2. The van der Waals surface area contributed by atoms with Crippen molar-refractivity contribution in [2.24, 2.45) is 0 Å². The molecule has 0 radical (unpaired) electrons. The molecular formula is C28H36ClN3O5. The minimum Gasteiger partial charge on any atom is -0.507 e. The summed E-state index contributed by atoms with van der Waals surface area (Å²) in [4.78, 5) is 41.0. The number of aliphatic hydroxyl groups excluding tert-OH is 1. The monoisotopic (exact) mass is 529 g/mol. The van der Waals surface area contributed by atoms with Crippen molar-refractivity contribution in [1.29, 1.82) is 0 Å². The highest BCUT2D eigenvalue weighted by atomic mass is 35.5. The molecule has 2 aromatic rings. The topological polar surface area (TPSA) is 119 Å². The van der Waals surface area contributed by atoms with Crippen LogP contribution in [-0.2, 0) is 16.0 Å². The third kappa shape index (κ3) is 7.02. The molecule has 1 aliphatic rings. The molecule has 0 aromatic heterocycles. The summed E-state index contributed by atoms with van der Waals surface area (Å²) in [7, 11) is 0. The van der Waals surface area contributed by atoms with Crippen molar-refractivity contribution in [2.75, 3.05) is 6.54 Å². The van der Waals surface area contributed by atoms with Crippen LogP contribution in [0.4, 0.5) is 0 Å². The summed E-state index contributed by atoms with van der Waals surface area (Å²) in [6.07, 6.45) is -1.19. The van der Waals surface area contributed by atoms with Gasteiger partial charge in [0.05, 0.1) is 11.4 Å². The van der Waals surface area contributed by atoms with E-state index in [1.54, 1.807) is 26.0 Å². The number of rotatable bonds is 7. The lowest BCUT2D eigenvalue weighted by Gasteiger charge is -2.32. The van der Waals surface area contributed by atoms with Crippen molar-refractivity contribution in [3.63, 3.8) is 0 Å². The SMILES string of the molecule is Cc1ccc(C(=O)N[C@@H](Cc2ccccc2)[C@H](O)C(=O)N2C[C@@H](Cl)C[C@H]2C(=O)NC(C)(C)C)c(C)c1O. The maximum absolute atomic E-state index is 13.5. The van der Waals surface area contributed by atoms with Gasteiger partial charge in [-0.1, -0.05) is 36.4 Å². The van der Waals surface area contributed by atoms with E-state index in [9.17, 15) is 24.6 Å². The largest absolute Gasteiger partial charge is 0.507 e. The second-order valence-corrected chi connectivity index (χ2v) is 11.3. The summed E-state index contributed by atoms with van der Waals surface area (Å²) in [5.74, 6) is -1.53. The molecule has 9 heteroatoms. The summed E-state index contributed by atoms with van der Waals surface area (Å²) in [6, 6.07) is 10.6. The van der Waals surface area contributed by atoms with E-state index in [4.69, 9.17) is 11.6 Å². The van der Waals surface area contributed by atoms with Gasteiger partial charge >= 0.3 is 0 Å². The molecule has 200 valence electrons. The van der Waals surface area contributed by atoms with Crippen LogP contribution < -0.4 is 10.6 Å². The lowest BCUT2D eigenvalue weighted by molar-refractivity contribution is -0.146. The van der Waals surface area contributed by atoms with Crippen LogP contribution in [0.2, 0.25) is 0 Å². The normalized spacial score (nSPS) is 19.3. The average Bonchev–Trinajstić information content (AvgIpc) is 3.22. The number of carbonyl (C=O) groups excluding carboxylic acids is 3. The van der Waals surface area contributed by atoms with Gasteiger partial charge in [0.2, 0.25) is 5.91 Å². The van der Waals surface area contributed by atoms with E-state index in [0.29, 0.717) is 11.1 Å². The van der Waals surface area contributed by atoms with Crippen LogP contribution in [0.1, 0.15) is 54.2 Å². The molecule has 0 saturated carbocycles. The first kappa shape index (κ1) is 28.5. The Morgan fingerprint density at radius 2 is 1.76 bits per heavy atom. The maximum atomic E-state index is 13.5. The number of amides is 3. The lowest BCUT2D eigenvalue weighted by atomic mass is 9.98. The molecule has 0 bridgehead atoms. The molecule has 3 rings (SSSR count). The summed E-state index contributed by atoms with van der Waals surface area (Å²) < 4.78 is 0. The van der Waals surface area contributed by atoms with Crippen LogP contribution in [0.15, 0.2) is 42.5 Å². The zero-order valence-electron chi connectivity index (χ0n) is 21.9. The minimum absolute atomic E-state index is 0.0156. The van der Waals surface area contributed by atoms with E-state index in [2.05, 4.69) is 10.6 Å². The Kier molecular flexibility index (Phi) is 8.87. The fraction of sp³-hybridized carbons (Fsp3) is 0.464. The van der Waals surface area contributed by atoms with Gasteiger partial charge < -0.3 is 25.7 Å². The molecule has 1 heterocycles. The second-order valence-electron chi connectivity index (χ2n) is 10.7. The number of phenolic OH excluding ortho intramolecular Hbond substituents is 1. The first-order chi connectivity index (χ1) is 17.3. The van der Waals surface area contributed by atoms with E-state index in [-0.39, 0.29) is 36.6 Å². The molecule has 0 spiro atoms. The number of carbonyl (C=O) groups is 3. The standard InChI is InChI=1S/C28H36ClN3O5/c1-16-11-12-20(17(2)23(16)33)25(35)30-21(13-18-9-7-6-8-10-18)24(34)27(37)32-15-19(29)14-22(32)26(36)31-28(3,4)5/h6-12,19,21-22,24,33-34H,13-15H2,1-5H3,(H,30,35)(H,31,36)/t19-,21-,22-,24-/m0/s1. The number of likely N-dealkylation sites (tertiary alicyclic amines) is 1. The highest BCUT2D eigenvalue weighted by Gasteiger charge is 2.43. The zero-order valence-corrected chi connectivity index (χ0v) is 22.7. The van der Waals surface area contributed by atoms with Crippen molar-refractivity contribution >= 4 is 29.3 Å². The molecule has 4 atom stereocenters. The van der Waals surface area contributed by atoms with Crippen LogP contribution >= 0.6 is 11.6 Å². The molecule has 0 aliphatic carbocycles. The lowest BCUT2D eigenvalue weighted by Crippen LogP contribution is -2.57. The van der Waals surface area contributed by atoms with Crippen molar-refractivity contribution in [3.05, 3.63) is 64.7 Å². The van der Waals surface area contributed by atoms with Gasteiger partial charge in [-0.25, -0.2) is 0 Å². The first-order valence-electron chi connectivity index (χ1n) is 12.4. The van der Waals surface area contributed by atoms with Crippen molar-refractivity contribution < 1.29 is 24.6 Å². The molecule has 1 fully saturated rings. The van der Waals surface area contributed by atoms with Gasteiger partial charge in [0.25, 0.3) is 11.8 Å². The fourth-order valence-electron chi connectivity index (χ4n) is 4.51. The van der Waals surface area contributed by atoms with Crippen LogP contribution in [-0.4, -0.2) is 68.5 Å². The van der Waals surface area contributed by atoms with E-state index in [0.717, 1.165) is 5.56 Å². The van der Waals surface area contributed by atoms with Gasteiger partial charge in [-0.2, -0.15) is 0 Å². The van der Waals surface area contributed by atoms with E-state index in [1.807, 2.05) is 51.1 Å². The number of halogens is 1. The van der Waals surface area contributed by atoms with Crippen LogP contribution in [0.3, 0.4) is 0 Å². The highest BCUT2D eigenvalue weighted by molar-refractivity contribution is 6.21. The van der Waals surface area contributed by atoms with Gasteiger partial charge in [-0.3, -0.25) is 14.4 Å². The molecule has 2 aromatic carbocycles. The number of alkyl halides is 1. The van der Waals surface area contributed by atoms with Gasteiger partial charge in [-0.15, -0.1) is 11.6 Å². The number of aliphatic hydroxyl groups is 1. The van der Waals surface area contributed by atoms with E-state index >= 15 is 0 Å². The predicted octanol–water partition coefficient (Wildman–Crippen LogP) is 2.83. The summed E-state index contributed by atoms with van der Waals surface area (Å²) in [5, 5.41) is 26.8. The fourth-order valence-corrected chi connectivity index (χ4v) is 4.83. The van der Waals surface area contributed by atoms with Gasteiger partial charge in [0, 0.05) is 23.2 Å². The van der Waals surface area contributed by atoms with Crippen molar-refractivity contribution in [2.45, 2.75) is 76.6 Å². The van der Waals surface area contributed by atoms with E-state index in [1.165, 1.54) is 4.90 Å². The number of nitrogens with zero attached hydrogens (tertiary/aromatic N) is 1. The van der Waals surface area contributed by atoms with Crippen LogP contribution in [0.5, 0.6) is 5.75 Å². The molecule has 37 heavy (non-hydrogen) atoms. The molecule has 8 nitrogen and oxygen atoms in total. The molecule has 3 amide bonds. The minimum atomic E-state index is -1.63. The van der Waals surface area contributed by atoms with Crippen molar-refractivity contribution in [1.82, 2.24) is 15.5 Å². The molecule has 0 unspecified atom stereocenters. The Bertz CT molecular complexity index is 1150. The number of nitrogens with one attached hydrogen (secondary N) is 2.